The molecular weight excluding hydrogens is 192 g/mol. The maximum atomic E-state index is 5.47. The van der Waals surface area contributed by atoms with E-state index in [1.165, 1.54) is 30.7 Å². The Kier molecular flexibility index (Phi) is 5.83. The average molecular weight is 212 g/mol. The first-order valence-electron chi connectivity index (χ1n) is 5.24. The molecule has 0 aromatic carbocycles. The lowest BCUT2D eigenvalue weighted by atomic mass is 10.2. The summed E-state index contributed by atoms with van der Waals surface area (Å²) in [5, 5.41) is 2.15. The van der Waals surface area contributed by atoms with E-state index in [0.717, 1.165) is 13.1 Å². The lowest BCUT2D eigenvalue weighted by Crippen LogP contribution is -2.26. The summed E-state index contributed by atoms with van der Waals surface area (Å²) in [5.74, 6) is 0. The first kappa shape index (κ1) is 11.7. The number of likely N-dealkylation sites (N-methyl/N-ethyl adjacent to an activating group) is 1. The van der Waals surface area contributed by atoms with E-state index >= 15 is 0 Å². The zero-order valence-electron chi connectivity index (χ0n) is 8.91. The molecule has 0 saturated carbocycles. The van der Waals surface area contributed by atoms with Crippen molar-refractivity contribution in [2.75, 3.05) is 26.7 Å². The molecule has 0 spiro atoms. The molecule has 0 unspecified atom stereocenters. The molecule has 0 atom stereocenters. The van der Waals surface area contributed by atoms with Crippen LogP contribution in [0.1, 0.15) is 17.7 Å². The fraction of sp³-hybridized carbons (Fsp3) is 0.636. The molecule has 1 heterocycles. The van der Waals surface area contributed by atoms with Gasteiger partial charge in [-0.2, -0.15) is 0 Å². The van der Waals surface area contributed by atoms with Gasteiger partial charge in [-0.25, -0.2) is 0 Å². The molecule has 0 radical (unpaired) electrons. The van der Waals surface area contributed by atoms with Crippen molar-refractivity contribution < 1.29 is 0 Å². The second kappa shape index (κ2) is 6.98. The van der Waals surface area contributed by atoms with Crippen LogP contribution in [0.3, 0.4) is 0 Å². The Bertz CT molecular complexity index is 221. The minimum absolute atomic E-state index is 0.765. The van der Waals surface area contributed by atoms with Crippen LogP contribution in [0.2, 0.25) is 0 Å². The van der Waals surface area contributed by atoms with E-state index in [1.54, 1.807) is 0 Å². The van der Waals surface area contributed by atoms with Crippen LogP contribution < -0.4 is 5.73 Å². The maximum absolute atomic E-state index is 5.47. The minimum atomic E-state index is 0.765. The molecule has 0 fully saturated rings. The molecule has 2 N–H and O–H groups in total. The van der Waals surface area contributed by atoms with Crippen LogP contribution in [0.4, 0.5) is 0 Å². The van der Waals surface area contributed by atoms with Crippen molar-refractivity contribution >= 4 is 11.3 Å². The Labute approximate surface area is 90.7 Å². The monoisotopic (exact) mass is 212 g/mol. The van der Waals surface area contributed by atoms with Crippen molar-refractivity contribution in [3.63, 3.8) is 0 Å². The summed E-state index contributed by atoms with van der Waals surface area (Å²) in [4.78, 5) is 3.81. The van der Waals surface area contributed by atoms with Gasteiger partial charge in [0.05, 0.1) is 0 Å². The molecule has 1 aromatic rings. The van der Waals surface area contributed by atoms with Crippen molar-refractivity contribution in [2.24, 2.45) is 5.73 Å². The van der Waals surface area contributed by atoms with Gasteiger partial charge in [-0.15, -0.1) is 11.3 Å². The number of rotatable bonds is 7. The molecule has 0 aliphatic carbocycles. The standard InChI is InChI=1S/C11H20N2S/c1-13(9-7-12)8-3-2-5-11-6-4-10-14-11/h4,6,10H,2-3,5,7-9,12H2,1H3. The highest BCUT2D eigenvalue weighted by Crippen LogP contribution is 2.11. The molecule has 0 aliphatic rings. The van der Waals surface area contributed by atoms with Gasteiger partial charge in [-0.1, -0.05) is 6.07 Å². The van der Waals surface area contributed by atoms with E-state index in [-0.39, 0.29) is 0 Å². The van der Waals surface area contributed by atoms with Crippen LogP contribution in [0, 0.1) is 0 Å². The summed E-state index contributed by atoms with van der Waals surface area (Å²) in [5.41, 5.74) is 5.47. The third-order valence-corrected chi connectivity index (χ3v) is 3.24. The first-order chi connectivity index (χ1) is 6.83. The van der Waals surface area contributed by atoms with Gasteiger partial charge in [0, 0.05) is 18.0 Å². The number of nitrogens with two attached hydrogens (primary N) is 1. The quantitative estimate of drug-likeness (QED) is 0.700. The molecule has 0 bridgehead atoms. The van der Waals surface area contributed by atoms with Gasteiger partial charge in [0.25, 0.3) is 0 Å². The highest BCUT2D eigenvalue weighted by Gasteiger charge is 1.97. The Morgan fingerprint density at radius 2 is 2.21 bits per heavy atom. The van der Waals surface area contributed by atoms with Gasteiger partial charge >= 0.3 is 0 Å². The summed E-state index contributed by atoms with van der Waals surface area (Å²) >= 11 is 1.86. The van der Waals surface area contributed by atoms with E-state index in [0.29, 0.717) is 0 Å². The molecular formula is C11H20N2S. The lowest BCUT2D eigenvalue weighted by Gasteiger charge is -2.14. The molecule has 0 aliphatic heterocycles. The third kappa shape index (κ3) is 4.74. The van der Waals surface area contributed by atoms with E-state index in [9.17, 15) is 0 Å². The predicted octanol–water partition coefficient (Wildman–Crippen LogP) is 1.96. The fourth-order valence-corrected chi connectivity index (χ4v) is 2.22. The smallest absolute Gasteiger partial charge is 0.0102 e. The SMILES string of the molecule is CN(CCN)CCCCc1cccs1. The largest absolute Gasteiger partial charge is 0.329 e. The van der Waals surface area contributed by atoms with Crippen molar-refractivity contribution in [1.29, 1.82) is 0 Å². The van der Waals surface area contributed by atoms with Crippen LogP contribution in [0.25, 0.3) is 0 Å². The first-order valence-corrected chi connectivity index (χ1v) is 6.12. The summed E-state index contributed by atoms with van der Waals surface area (Å²) in [6.07, 6.45) is 3.79. The lowest BCUT2D eigenvalue weighted by molar-refractivity contribution is 0.335. The summed E-state index contributed by atoms with van der Waals surface area (Å²) in [6.45, 7) is 2.95. The molecule has 0 amide bonds. The van der Waals surface area contributed by atoms with Gasteiger partial charge in [-0.3, -0.25) is 0 Å². The highest BCUT2D eigenvalue weighted by atomic mass is 32.1. The number of hydrogen-bond acceptors (Lipinski definition) is 3. The second-order valence-electron chi connectivity index (χ2n) is 3.63. The fourth-order valence-electron chi connectivity index (χ4n) is 1.47. The normalized spacial score (nSPS) is 11.1. The average Bonchev–Trinajstić information content (AvgIpc) is 2.65. The number of aryl methyl sites for hydroxylation is 1. The number of nitrogens with zero attached hydrogens (tertiary/aromatic N) is 1. The van der Waals surface area contributed by atoms with Gasteiger partial charge in [0.2, 0.25) is 0 Å². The van der Waals surface area contributed by atoms with E-state index in [4.69, 9.17) is 5.73 Å². The van der Waals surface area contributed by atoms with E-state index < -0.39 is 0 Å². The molecule has 1 aromatic heterocycles. The topological polar surface area (TPSA) is 29.3 Å². The molecule has 14 heavy (non-hydrogen) atoms. The van der Waals surface area contributed by atoms with E-state index in [2.05, 4.69) is 29.5 Å². The summed E-state index contributed by atoms with van der Waals surface area (Å²) in [6, 6.07) is 4.34. The summed E-state index contributed by atoms with van der Waals surface area (Å²) < 4.78 is 0. The van der Waals surface area contributed by atoms with Gasteiger partial charge in [0.1, 0.15) is 0 Å². The Morgan fingerprint density at radius 3 is 2.86 bits per heavy atom. The molecule has 2 nitrogen and oxygen atoms in total. The second-order valence-corrected chi connectivity index (χ2v) is 4.66. The van der Waals surface area contributed by atoms with Crippen molar-refractivity contribution in [2.45, 2.75) is 19.3 Å². The maximum Gasteiger partial charge on any atom is 0.0102 e. The van der Waals surface area contributed by atoms with Crippen LogP contribution >= 0.6 is 11.3 Å². The molecule has 0 saturated heterocycles. The van der Waals surface area contributed by atoms with Crippen LogP contribution in [0.5, 0.6) is 0 Å². The predicted molar refractivity (Wildman–Crippen MR) is 63.8 cm³/mol. The number of unbranched alkanes of at least 4 members (excludes halogenated alkanes) is 1. The van der Waals surface area contributed by atoms with Crippen LogP contribution in [0.15, 0.2) is 17.5 Å². The van der Waals surface area contributed by atoms with E-state index in [1.807, 2.05) is 11.3 Å². The Morgan fingerprint density at radius 1 is 1.36 bits per heavy atom. The third-order valence-electron chi connectivity index (χ3n) is 2.30. The molecule has 80 valence electrons. The zero-order chi connectivity index (χ0) is 10.2. The Balaban J connectivity index is 1.99. The minimum Gasteiger partial charge on any atom is -0.329 e. The van der Waals surface area contributed by atoms with Crippen molar-refractivity contribution in [3.05, 3.63) is 22.4 Å². The van der Waals surface area contributed by atoms with Gasteiger partial charge < -0.3 is 10.6 Å². The molecule has 3 heteroatoms. The zero-order valence-corrected chi connectivity index (χ0v) is 9.72. The molecule has 1 rings (SSSR count). The van der Waals surface area contributed by atoms with Gasteiger partial charge in [0.15, 0.2) is 0 Å². The Hall–Kier alpha value is -0.380. The number of hydrogen-bond donors (Lipinski definition) is 1. The summed E-state index contributed by atoms with van der Waals surface area (Å²) in [7, 11) is 2.14. The highest BCUT2D eigenvalue weighted by molar-refractivity contribution is 7.09. The van der Waals surface area contributed by atoms with Crippen LogP contribution in [-0.4, -0.2) is 31.6 Å². The number of thiophene rings is 1. The van der Waals surface area contributed by atoms with Crippen molar-refractivity contribution in [3.8, 4) is 0 Å². The van der Waals surface area contributed by atoms with Crippen molar-refractivity contribution in [1.82, 2.24) is 4.90 Å². The van der Waals surface area contributed by atoms with Gasteiger partial charge in [-0.05, 0) is 44.3 Å². The van der Waals surface area contributed by atoms with Crippen LogP contribution in [-0.2, 0) is 6.42 Å².